The monoisotopic (exact) mass is 282 g/mol. The van der Waals surface area contributed by atoms with Crippen molar-refractivity contribution in [2.75, 3.05) is 5.32 Å². The fraction of sp³-hybridized carbons (Fsp3) is 0.273. The van der Waals surface area contributed by atoms with Crippen molar-refractivity contribution in [1.82, 2.24) is 15.2 Å². The van der Waals surface area contributed by atoms with Gasteiger partial charge in [0, 0.05) is 6.42 Å². The van der Waals surface area contributed by atoms with E-state index in [-0.39, 0.29) is 16.8 Å². The van der Waals surface area contributed by atoms with Crippen molar-refractivity contribution in [1.29, 1.82) is 0 Å². The lowest BCUT2D eigenvalue weighted by molar-refractivity contribution is 0.102. The summed E-state index contributed by atoms with van der Waals surface area (Å²) in [6.07, 6.45) is 1.86. The summed E-state index contributed by atoms with van der Waals surface area (Å²) in [5.41, 5.74) is 0.259. The van der Waals surface area contributed by atoms with Crippen molar-refractivity contribution in [2.45, 2.75) is 19.8 Å². The molecule has 0 radical (unpaired) electrons. The average Bonchev–Trinajstić information content (AvgIpc) is 2.77. The zero-order valence-electron chi connectivity index (χ0n) is 9.68. The van der Waals surface area contributed by atoms with Crippen LogP contribution < -0.4 is 5.32 Å². The molecule has 2 aromatic rings. The Morgan fingerprint density at radius 1 is 1.44 bits per heavy atom. The zero-order valence-corrected chi connectivity index (χ0v) is 11.3. The van der Waals surface area contributed by atoms with E-state index in [1.54, 1.807) is 18.2 Å². The number of pyridine rings is 1. The van der Waals surface area contributed by atoms with Gasteiger partial charge in [0.25, 0.3) is 5.91 Å². The Kier molecular flexibility index (Phi) is 4.22. The number of amides is 1. The molecule has 0 saturated heterocycles. The van der Waals surface area contributed by atoms with Gasteiger partial charge in [0.1, 0.15) is 15.9 Å². The number of rotatable bonds is 4. The first kappa shape index (κ1) is 12.9. The molecule has 0 atom stereocenters. The van der Waals surface area contributed by atoms with E-state index in [2.05, 4.69) is 27.4 Å². The second kappa shape index (κ2) is 5.88. The van der Waals surface area contributed by atoms with Gasteiger partial charge in [0.15, 0.2) is 0 Å². The van der Waals surface area contributed by atoms with Crippen LogP contribution >= 0.6 is 22.9 Å². The summed E-state index contributed by atoms with van der Waals surface area (Å²) in [6, 6.07) is 4.88. The Labute approximate surface area is 113 Å². The molecule has 1 N–H and O–H groups in total. The summed E-state index contributed by atoms with van der Waals surface area (Å²) in [6.45, 7) is 2.07. The van der Waals surface area contributed by atoms with Crippen molar-refractivity contribution < 1.29 is 4.79 Å². The van der Waals surface area contributed by atoms with Crippen LogP contribution in [0, 0.1) is 0 Å². The Bertz CT molecular complexity index is 557. The highest BCUT2D eigenvalue weighted by Crippen LogP contribution is 2.17. The van der Waals surface area contributed by atoms with Crippen molar-refractivity contribution in [3.05, 3.63) is 34.1 Å². The van der Waals surface area contributed by atoms with Crippen molar-refractivity contribution in [3.63, 3.8) is 0 Å². The van der Waals surface area contributed by atoms with Gasteiger partial charge in [-0.25, -0.2) is 4.98 Å². The van der Waals surface area contributed by atoms with Crippen LogP contribution in [0.4, 0.5) is 5.13 Å². The van der Waals surface area contributed by atoms with Crippen LogP contribution in [-0.2, 0) is 6.42 Å². The maximum absolute atomic E-state index is 11.8. The molecule has 7 heteroatoms. The highest BCUT2D eigenvalue weighted by molar-refractivity contribution is 7.15. The second-order valence-corrected chi connectivity index (χ2v) is 5.00. The Hall–Kier alpha value is -1.53. The van der Waals surface area contributed by atoms with E-state index in [9.17, 15) is 4.79 Å². The van der Waals surface area contributed by atoms with Gasteiger partial charge in [-0.2, -0.15) is 0 Å². The van der Waals surface area contributed by atoms with Gasteiger partial charge in [-0.1, -0.05) is 35.9 Å². The SMILES string of the molecule is CCCc1nnc(NC(=O)c2cccc(Cl)n2)s1. The normalized spacial score (nSPS) is 10.3. The fourth-order valence-electron chi connectivity index (χ4n) is 1.31. The van der Waals surface area contributed by atoms with Gasteiger partial charge in [0.05, 0.1) is 0 Å². The van der Waals surface area contributed by atoms with E-state index in [0.717, 1.165) is 17.8 Å². The lowest BCUT2D eigenvalue weighted by Crippen LogP contribution is -2.13. The number of carbonyl (C=O) groups is 1. The average molecular weight is 283 g/mol. The Balaban J connectivity index is 2.06. The van der Waals surface area contributed by atoms with E-state index < -0.39 is 0 Å². The van der Waals surface area contributed by atoms with Crippen molar-refractivity contribution in [3.8, 4) is 0 Å². The van der Waals surface area contributed by atoms with Gasteiger partial charge in [-0.3, -0.25) is 10.1 Å². The molecule has 2 rings (SSSR count). The third kappa shape index (κ3) is 3.24. The molecule has 0 fully saturated rings. The lowest BCUT2D eigenvalue weighted by atomic mass is 10.3. The van der Waals surface area contributed by atoms with Crippen LogP contribution in [0.1, 0.15) is 28.8 Å². The topological polar surface area (TPSA) is 67.8 Å². The van der Waals surface area contributed by atoms with Gasteiger partial charge < -0.3 is 0 Å². The van der Waals surface area contributed by atoms with Gasteiger partial charge in [-0.15, -0.1) is 10.2 Å². The summed E-state index contributed by atoms with van der Waals surface area (Å²) in [7, 11) is 0. The quantitative estimate of drug-likeness (QED) is 0.876. The van der Waals surface area contributed by atoms with Crippen LogP contribution in [0.15, 0.2) is 18.2 Å². The number of halogens is 1. The summed E-state index contributed by atoms with van der Waals surface area (Å²) in [5, 5.41) is 12.2. The molecule has 0 saturated carbocycles. The van der Waals surface area contributed by atoms with Crippen molar-refractivity contribution >= 4 is 34.0 Å². The Morgan fingerprint density at radius 3 is 3.00 bits per heavy atom. The Morgan fingerprint density at radius 2 is 2.28 bits per heavy atom. The van der Waals surface area contributed by atoms with Crippen LogP contribution in [-0.4, -0.2) is 21.1 Å². The molecule has 2 heterocycles. The summed E-state index contributed by atoms with van der Waals surface area (Å²) in [5.74, 6) is -0.336. The molecule has 5 nitrogen and oxygen atoms in total. The van der Waals surface area contributed by atoms with E-state index in [0.29, 0.717) is 5.13 Å². The number of nitrogens with one attached hydrogen (secondary N) is 1. The maximum atomic E-state index is 11.8. The minimum atomic E-state index is -0.336. The highest BCUT2D eigenvalue weighted by atomic mass is 35.5. The smallest absolute Gasteiger partial charge is 0.276 e. The van der Waals surface area contributed by atoms with Crippen LogP contribution in [0.25, 0.3) is 0 Å². The first-order valence-electron chi connectivity index (χ1n) is 5.45. The van der Waals surface area contributed by atoms with Crippen LogP contribution in [0.2, 0.25) is 5.15 Å². The molecule has 18 heavy (non-hydrogen) atoms. The molecule has 0 aliphatic rings. The number of aromatic nitrogens is 3. The number of nitrogens with zero attached hydrogens (tertiary/aromatic N) is 3. The molecule has 94 valence electrons. The predicted octanol–water partition coefficient (Wildman–Crippen LogP) is 2.79. The van der Waals surface area contributed by atoms with E-state index in [1.807, 2.05) is 0 Å². The van der Waals surface area contributed by atoms with Gasteiger partial charge in [-0.05, 0) is 18.6 Å². The number of carbonyl (C=O) groups excluding carboxylic acids is 1. The number of hydrogen-bond acceptors (Lipinski definition) is 5. The first-order chi connectivity index (χ1) is 8.69. The number of hydrogen-bond donors (Lipinski definition) is 1. The minimum Gasteiger partial charge on any atom is -0.295 e. The molecule has 0 bridgehead atoms. The third-order valence-corrected chi connectivity index (χ3v) is 3.21. The molecule has 0 aliphatic carbocycles. The largest absolute Gasteiger partial charge is 0.295 e. The maximum Gasteiger partial charge on any atom is 0.276 e. The molecule has 0 unspecified atom stereocenters. The summed E-state index contributed by atoms with van der Waals surface area (Å²) >= 11 is 7.09. The lowest BCUT2D eigenvalue weighted by Gasteiger charge is -1.99. The molecule has 1 amide bonds. The van der Waals surface area contributed by atoms with E-state index >= 15 is 0 Å². The standard InChI is InChI=1S/C11H11ClN4OS/c1-2-4-9-15-16-11(18-9)14-10(17)7-5-3-6-8(12)13-7/h3,5-6H,2,4H2,1H3,(H,14,16,17). The fourth-order valence-corrected chi connectivity index (χ4v) is 2.32. The van der Waals surface area contributed by atoms with Gasteiger partial charge in [0.2, 0.25) is 5.13 Å². The first-order valence-corrected chi connectivity index (χ1v) is 6.64. The molecule has 0 aromatic carbocycles. The number of aryl methyl sites for hydroxylation is 1. The highest BCUT2D eigenvalue weighted by Gasteiger charge is 2.11. The van der Waals surface area contributed by atoms with Crippen LogP contribution in [0.3, 0.4) is 0 Å². The van der Waals surface area contributed by atoms with E-state index in [4.69, 9.17) is 11.6 Å². The van der Waals surface area contributed by atoms with Crippen molar-refractivity contribution in [2.24, 2.45) is 0 Å². The molecular weight excluding hydrogens is 272 g/mol. The van der Waals surface area contributed by atoms with Crippen LogP contribution in [0.5, 0.6) is 0 Å². The van der Waals surface area contributed by atoms with Gasteiger partial charge >= 0.3 is 0 Å². The molecular formula is C11H11ClN4OS. The molecule has 0 aliphatic heterocycles. The molecule has 2 aromatic heterocycles. The van der Waals surface area contributed by atoms with E-state index in [1.165, 1.54) is 11.3 Å². The second-order valence-electron chi connectivity index (χ2n) is 3.55. The zero-order chi connectivity index (χ0) is 13.0. The third-order valence-electron chi connectivity index (χ3n) is 2.10. The summed E-state index contributed by atoms with van der Waals surface area (Å²) < 4.78 is 0. The summed E-state index contributed by atoms with van der Waals surface area (Å²) in [4.78, 5) is 15.8. The molecule has 0 spiro atoms. The number of anilines is 1. The predicted molar refractivity (Wildman–Crippen MR) is 71.1 cm³/mol. The minimum absolute atomic E-state index is 0.259.